The van der Waals surface area contributed by atoms with Gasteiger partial charge >= 0.3 is 0 Å². The van der Waals surface area contributed by atoms with E-state index in [0.29, 0.717) is 40.3 Å². The molecule has 3 aromatic rings. The third kappa shape index (κ3) is 5.44. The van der Waals surface area contributed by atoms with E-state index in [1.165, 1.54) is 17.6 Å². The van der Waals surface area contributed by atoms with Gasteiger partial charge in [-0.15, -0.1) is 21.5 Å². The fourth-order valence-electron chi connectivity index (χ4n) is 5.23. The molecule has 0 saturated heterocycles. The molecule has 0 bridgehead atoms. The number of nitrogens with one attached hydrogen (secondary N) is 4. The molecule has 4 N–H and O–H groups in total. The van der Waals surface area contributed by atoms with Crippen LogP contribution in [0.2, 0.25) is 0 Å². The molecule has 12 heteroatoms. The zero-order valence-electron chi connectivity index (χ0n) is 22.1. The fourth-order valence-corrected chi connectivity index (χ4v) is 7.51. The van der Waals surface area contributed by atoms with E-state index in [-0.39, 0.29) is 23.8 Å². The number of hydrogen-bond donors (Lipinski definition) is 4. The van der Waals surface area contributed by atoms with Gasteiger partial charge in [0.25, 0.3) is 5.91 Å². The molecule has 2 amide bonds. The summed E-state index contributed by atoms with van der Waals surface area (Å²) in [5, 5.41) is 18.6. The first-order valence-electron chi connectivity index (χ1n) is 13.4. The van der Waals surface area contributed by atoms with Crippen LogP contribution in [0.1, 0.15) is 64.5 Å². The van der Waals surface area contributed by atoms with E-state index in [1.807, 2.05) is 17.6 Å². The van der Waals surface area contributed by atoms with Crippen molar-refractivity contribution in [1.29, 1.82) is 4.78 Å². The lowest BCUT2D eigenvalue weighted by atomic mass is 9.91. The Morgan fingerprint density at radius 1 is 1.21 bits per heavy atom. The number of aromatic nitrogens is 3. The summed E-state index contributed by atoms with van der Waals surface area (Å²) in [5.74, 6) is 1.06. The van der Waals surface area contributed by atoms with E-state index in [0.717, 1.165) is 60.2 Å². The van der Waals surface area contributed by atoms with E-state index < -0.39 is 9.73 Å². The molecular weight excluding hydrogens is 534 g/mol. The Kier molecular flexibility index (Phi) is 6.70. The highest BCUT2D eigenvalue weighted by molar-refractivity contribution is 7.91. The van der Waals surface area contributed by atoms with Crippen molar-refractivity contribution in [1.82, 2.24) is 20.1 Å². The van der Waals surface area contributed by atoms with Gasteiger partial charge in [0.2, 0.25) is 11.9 Å². The van der Waals surface area contributed by atoms with E-state index in [1.54, 1.807) is 18.5 Å². The van der Waals surface area contributed by atoms with Gasteiger partial charge in [0.05, 0.1) is 20.2 Å². The molecule has 0 spiro atoms. The first-order chi connectivity index (χ1) is 18.7. The second kappa shape index (κ2) is 10.1. The summed E-state index contributed by atoms with van der Waals surface area (Å²) in [6.45, 7) is 2.52. The Morgan fingerprint density at radius 2 is 2.00 bits per heavy atom. The number of anilines is 3. The van der Waals surface area contributed by atoms with Gasteiger partial charge < -0.3 is 16.0 Å². The molecule has 10 nitrogen and oxygen atoms in total. The second-order valence-corrected chi connectivity index (χ2v) is 14.2. The number of benzene rings is 1. The van der Waals surface area contributed by atoms with Gasteiger partial charge in [-0.05, 0) is 81.0 Å². The maximum atomic E-state index is 13.4. The molecule has 2 heterocycles. The smallest absolute Gasteiger partial charge is 0.254 e. The summed E-state index contributed by atoms with van der Waals surface area (Å²) in [5.41, 5.74) is 3.06. The predicted octanol–water partition coefficient (Wildman–Crippen LogP) is 4.65. The van der Waals surface area contributed by atoms with Crippen molar-refractivity contribution in [2.75, 3.05) is 23.4 Å². The lowest BCUT2D eigenvalue weighted by molar-refractivity contribution is -0.117. The Morgan fingerprint density at radius 3 is 2.72 bits per heavy atom. The van der Waals surface area contributed by atoms with E-state index >= 15 is 0 Å². The Bertz CT molecular complexity index is 1550. The average molecular weight is 568 g/mol. The average Bonchev–Trinajstić information content (AvgIpc) is 3.82. The van der Waals surface area contributed by atoms with Gasteiger partial charge in [0, 0.05) is 35.3 Å². The third-order valence-corrected chi connectivity index (χ3v) is 10.3. The zero-order chi connectivity index (χ0) is 27.3. The molecule has 0 radical (unpaired) electrons. The number of carbonyl (C=O) groups is 2. The SMILES string of the molecule is Cc1c(Nc2nncn2[C@H]2CCc3sc(NC(=O)C4CC4)c(C(=O)NCC4CC4)c3C2)cccc1[S@](C)(=N)=O. The molecule has 3 aliphatic rings. The van der Waals surface area contributed by atoms with Crippen LogP contribution in [-0.4, -0.2) is 43.6 Å². The number of carbonyl (C=O) groups excluding carboxylic acids is 2. The third-order valence-electron chi connectivity index (χ3n) is 7.81. The summed E-state index contributed by atoms with van der Waals surface area (Å²) in [6, 6.07) is 5.39. The number of fused-ring (bicyclic) bond motifs is 1. The largest absolute Gasteiger partial charge is 0.352 e. The first kappa shape index (κ1) is 26.0. The predicted molar refractivity (Wildman–Crippen MR) is 151 cm³/mol. The Balaban J connectivity index is 1.28. The normalized spacial score (nSPS) is 20.1. The fraction of sp³-hybridized carbons (Fsp3) is 0.481. The van der Waals surface area contributed by atoms with Crippen LogP contribution in [-0.2, 0) is 27.4 Å². The van der Waals surface area contributed by atoms with Crippen molar-refractivity contribution in [3.05, 3.63) is 46.1 Å². The minimum Gasteiger partial charge on any atom is -0.352 e. The van der Waals surface area contributed by atoms with Crippen molar-refractivity contribution in [3.63, 3.8) is 0 Å². The molecule has 206 valence electrons. The summed E-state index contributed by atoms with van der Waals surface area (Å²) in [7, 11) is -2.88. The molecule has 2 saturated carbocycles. The van der Waals surface area contributed by atoms with Crippen LogP contribution in [0, 0.1) is 23.5 Å². The van der Waals surface area contributed by atoms with Crippen LogP contribution in [0.3, 0.4) is 0 Å². The number of hydrogen-bond acceptors (Lipinski definition) is 8. The minimum absolute atomic E-state index is 0.00739. The highest BCUT2D eigenvalue weighted by Crippen LogP contribution is 2.43. The quantitative estimate of drug-likeness (QED) is 0.297. The molecule has 0 unspecified atom stereocenters. The second-order valence-electron chi connectivity index (χ2n) is 11.0. The maximum Gasteiger partial charge on any atom is 0.254 e. The van der Waals surface area contributed by atoms with E-state index in [2.05, 4.69) is 26.1 Å². The van der Waals surface area contributed by atoms with Crippen LogP contribution in [0.5, 0.6) is 0 Å². The van der Waals surface area contributed by atoms with Crippen molar-refractivity contribution < 1.29 is 13.8 Å². The summed E-state index contributed by atoms with van der Waals surface area (Å²) in [4.78, 5) is 27.7. The van der Waals surface area contributed by atoms with Crippen molar-refractivity contribution in [2.45, 2.75) is 62.8 Å². The monoisotopic (exact) mass is 567 g/mol. The number of aryl methyl sites for hydroxylation is 1. The molecule has 1 aromatic carbocycles. The van der Waals surface area contributed by atoms with Crippen LogP contribution in [0.25, 0.3) is 0 Å². The first-order valence-corrected chi connectivity index (χ1v) is 16.2. The highest BCUT2D eigenvalue weighted by Gasteiger charge is 2.35. The molecule has 6 rings (SSSR count). The number of amides is 2. The molecular formula is C27H33N7O3S2. The van der Waals surface area contributed by atoms with Crippen LogP contribution >= 0.6 is 11.3 Å². The molecule has 0 aliphatic heterocycles. The standard InChI is InChI=1S/C27H33N7O3S2/c1-15-20(4-3-5-22(15)39(2,28)37)31-27-33-30-14-34(27)18-10-11-21-19(12-18)23(25(36)29-13-16-6-7-16)26(38-21)32-24(35)17-8-9-17/h3-5,14,16-18,28H,6-13H2,1-2H3,(H,29,36)(H,31,33)(H,32,35)/t18-,39+/m0/s1. The Labute approximate surface area is 232 Å². The van der Waals surface area contributed by atoms with Crippen molar-refractivity contribution in [3.8, 4) is 0 Å². The van der Waals surface area contributed by atoms with Gasteiger partial charge in [0.1, 0.15) is 11.3 Å². The van der Waals surface area contributed by atoms with Gasteiger partial charge in [-0.3, -0.25) is 14.2 Å². The number of thiophene rings is 1. The number of rotatable bonds is 9. The van der Waals surface area contributed by atoms with Crippen LogP contribution in [0.4, 0.5) is 16.6 Å². The molecule has 39 heavy (non-hydrogen) atoms. The Hall–Kier alpha value is -3.25. The molecule has 3 aliphatic carbocycles. The van der Waals surface area contributed by atoms with Crippen molar-refractivity contribution in [2.24, 2.45) is 11.8 Å². The zero-order valence-corrected chi connectivity index (χ0v) is 23.7. The van der Waals surface area contributed by atoms with Gasteiger partial charge in [-0.25, -0.2) is 8.99 Å². The van der Waals surface area contributed by atoms with Gasteiger partial charge in [-0.2, -0.15) is 0 Å². The summed E-state index contributed by atoms with van der Waals surface area (Å²) in [6.07, 6.45) is 9.48. The molecule has 2 aromatic heterocycles. The molecule has 2 atom stereocenters. The van der Waals surface area contributed by atoms with E-state index in [4.69, 9.17) is 4.78 Å². The molecule has 2 fully saturated rings. The van der Waals surface area contributed by atoms with Gasteiger partial charge in [0.15, 0.2) is 0 Å². The van der Waals surface area contributed by atoms with Crippen LogP contribution in [0.15, 0.2) is 29.4 Å². The summed E-state index contributed by atoms with van der Waals surface area (Å²) >= 11 is 1.53. The van der Waals surface area contributed by atoms with E-state index in [9.17, 15) is 13.8 Å². The lowest BCUT2D eigenvalue weighted by Gasteiger charge is -2.25. The highest BCUT2D eigenvalue weighted by atomic mass is 32.2. The summed E-state index contributed by atoms with van der Waals surface area (Å²) < 4.78 is 22.4. The van der Waals surface area contributed by atoms with Crippen molar-refractivity contribution >= 4 is 49.5 Å². The number of nitrogens with zero attached hydrogens (tertiary/aromatic N) is 3. The van der Waals surface area contributed by atoms with Gasteiger partial charge in [-0.1, -0.05) is 6.07 Å². The van der Waals surface area contributed by atoms with Crippen LogP contribution < -0.4 is 16.0 Å². The maximum absolute atomic E-state index is 13.4. The lowest BCUT2D eigenvalue weighted by Crippen LogP contribution is -2.28. The minimum atomic E-state index is -2.88. The topological polar surface area (TPSA) is 142 Å².